The van der Waals surface area contributed by atoms with Gasteiger partial charge < -0.3 is 4.90 Å². The number of hydrogen-bond acceptors (Lipinski definition) is 3. The van der Waals surface area contributed by atoms with Crippen LogP contribution in [0.5, 0.6) is 0 Å². The minimum absolute atomic E-state index is 0.612. The second-order valence-corrected chi connectivity index (χ2v) is 6.40. The molecule has 0 amide bonds. The minimum Gasteiger partial charge on any atom is -0.357 e. The summed E-state index contributed by atoms with van der Waals surface area (Å²) in [5.41, 5.74) is 0. The van der Waals surface area contributed by atoms with Gasteiger partial charge in [0.15, 0.2) is 0 Å². The van der Waals surface area contributed by atoms with Crippen molar-refractivity contribution in [2.24, 2.45) is 0 Å². The molecule has 18 heavy (non-hydrogen) atoms. The quantitative estimate of drug-likeness (QED) is 0.793. The van der Waals surface area contributed by atoms with Gasteiger partial charge in [0.2, 0.25) is 0 Å². The molecule has 0 bridgehead atoms. The van der Waals surface area contributed by atoms with Gasteiger partial charge in [0.05, 0.1) is 0 Å². The van der Waals surface area contributed by atoms with Crippen molar-refractivity contribution >= 4 is 21.7 Å². The Morgan fingerprint density at radius 3 is 2.50 bits per heavy atom. The molecule has 0 unspecified atom stereocenters. The van der Waals surface area contributed by atoms with E-state index in [1.165, 1.54) is 44.9 Å². The predicted molar refractivity (Wildman–Crippen MR) is 77.0 cm³/mol. The molecule has 1 aromatic rings. The molecule has 3 nitrogen and oxygen atoms in total. The van der Waals surface area contributed by atoms with Gasteiger partial charge in [-0.15, -0.1) is 0 Å². The van der Waals surface area contributed by atoms with Crippen LogP contribution in [-0.2, 0) is 0 Å². The van der Waals surface area contributed by atoms with Gasteiger partial charge in [-0.1, -0.05) is 19.3 Å². The highest BCUT2D eigenvalue weighted by Crippen LogP contribution is 2.39. The highest BCUT2D eigenvalue weighted by molar-refractivity contribution is 9.10. The van der Waals surface area contributed by atoms with E-state index in [1.54, 1.807) is 0 Å². The zero-order chi connectivity index (χ0) is 12.5. The van der Waals surface area contributed by atoms with Crippen LogP contribution in [0.4, 0.5) is 5.82 Å². The molecule has 0 N–H and O–H groups in total. The maximum atomic E-state index is 4.76. The van der Waals surface area contributed by atoms with E-state index in [9.17, 15) is 0 Å². The normalized spacial score (nSPS) is 21.0. The summed E-state index contributed by atoms with van der Waals surface area (Å²) in [6.45, 7) is 0. The molecule has 0 atom stereocenters. The van der Waals surface area contributed by atoms with Gasteiger partial charge in [-0.3, -0.25) is 0 Å². The number of nitrogens with zero attached hydrogens (tertiary/aromatic N) is 3. The zero-order valence-electron chi connectivity index (χ0n) is 10.9. The molecular weight excluding hydrogens is 290 g/mol. The highest BCUT2D eigenvalue weighted by Gasteiger charge is 2.28. The summed E-state index contributed by atoms with van der Waals surface area (Å²) in [7, 11) is 2.18. The second-order valence-electron chi connectivity index (χ2n) is 5.58. The summed E-state index contributed by atoms with van der Waals surface area (Å²) in [5.74, 6) is 2.73. The largest absolute Gasteiger partial charge is 0.357 e. The average molecular weight is 310 g/mol. The lowest BCUT2D eigenvalue weighted by Gasteiger charge is -2.32. The average Bonchev–Trinajstić information content (AvgIpc) is 3.22. The maximum absolute atomic E-state index is 4.76. The van der Waals surface area contributed by atoms with Crippen LogP contribution in [0, 0.1) is 0 Å². The van der Waals surface area contributed by atoms with Gasteiger partial charge >= 0.3 is 0 Å². The Balaban J connectivity index is 1.81. The summed E-state index contributed by atoms with van der Waals surface area (Å²) in [6, 6.07) is 2.72. The van der Waals surface area contributed by atoms with E-state index >= 15 is 0 Å². The van der Waals surface area contributed by atoms with Crippen LogP contribution in [0.1, 0.15) is 56.7 Å². The molecular formula is C14H20BrN3. The predicted octanol–water partition coefficient (Wildman–Crippen LogP) is 3.89. The molecule has 2 aliphatic carbocycles. The third kappa shape index (κ3) is 2.68. The summed E-state index contributed by atoms with van der Waals surface area (Å²) in [6.07, 6.45) is 9.22. The van der Waals surface area contributed by atoms with E-state index in [0.717, 1.165) is 16.2 Å². The van der Waals surface area contributed by atoms with Crippen LogP contribution in [0.25, 0.3) is 0 Å². The Morgan fingerprint density at radius 1 is 1.11 bits per heavy atom. The Morgan fingerprint density at radius 2 is 1.83 bits per heavy atom. The first-order valence-electron chi connectivity index (χ1n) is 7.01. The van der Waals surface area contributed by atoms with Crippen molar-refractivity contribution in [1.29, 1.82) is 0 Å². The highest BCUT2D eigenvalue weighted by atomic mass is 79.9. The number of aromatic nitrogens is 2. The van der Waals surface area contributed by atoms with Crippen LogP contribution < -0.4 is 4.90 Å². The maximum Gasteiger partial charge on any atom is 0.135 e. The molecule has 0 aliphatic heterocycles. The fourth-order valence-electron chi connectivity index (χ4n) is 2.78. The SMILES string of the molecule is CN(c1cc(Br)nc(C2CC2)n1)C1CCCCC1. The first kappa shape index (κ1) is 12.4. The zero-order valence-corrected chi connectivity index (χ0v) is 12.5. The lowest BCUT2D eigenvalue weighted by atomic mass is 9.94. The van der Waals surface area contributed by atoms with Gasteiger partial charge in [0.1, 0.15) is 16.2 Å². The molecule has 0 radical (unpaired) electrons. The lowest BCUT2D eigenvalue weighted by Crippen LogP contribution is -2.34. The first-order valence-corrected chi connectivity index (χ1v) is 7.80. The molecule has 3 rings (SSSR count). The molecule has 4 heteroatoms. The molecule has 2 saturated carbocycles. The third-order valence-electron chi connectivity index (χ3n) is 4.12. The van der Waals surface area contributed by atoms with Crippen LogP contribution in [-0.4, -0.2) is 23.1 Å². The molecule has 98 valence electrons. The van der Waals surface area contributed by atoms with Crippen molar-refractivity contribution in [3.63, 3.8) is 0 Å². The number of rotatable bonds is 3. The monoisotopic (exact) mass is 309 g/mol. The van der Waals surface area contributed by atoms with Crippen molar-refractivity contribution < 1.29 is 0 Å². The fourth-order valence-corrected chi connectivity index (χ4v) is 3.17. The van der Waals surface area contributed by atoms with Gasteiger partial charge in [-0.2, -0.15) is 0 Å². The Labute approximate surface area is 117 Å². The van der Waals surface area contributed by atoms with E-state index < -0.39 is 0 Å². The van der Waals surface area contributed by atoms with Crippen LogP contribution in [0.3, 0.4) is 0 Å². The fraction of sp³-hybridized carbons (Fsp3) is 0.714. The van der Waals surface area contributed by atoms with Gasteiger partial charge in [-0.25, -0.2) is 9.97 Å². The van der Waals surface area contributed by atoms with E-state index in [1.807, 2.05) is 0 Å². The summed E-state index contributed by atoms with van der Waals surface area (Å²) in [5, 5.41) is 0. The van der Waals surface area contributed by atoms with E-state index in [2.05, 4.69) is 38.9 Å². The number of anilines is 1. The van der Waals surface area contributed by atoms with Gasteiger partial charge in [-0.05, 0) is 41.6 Å². The Kier molecular flexibility index (Phi) is 3.55. The van der Waals surface area contributed by atoms with Crippen molar-refractivity contribution in [3.8, 4) is 0 Å². The van der Waals surface area contributed by atoms with Crippen LogP contribution in [0.2, 0.25) is 0 Å². The number of halogens is 1. The first-order chi connectivity index (χ1) is 8.74. The van der Waals surface area contributed by atoms with Crippen molar-refractivity contribution in [2.45, 2.75) is 56.9 Å². The smallest absolute Gasteiger partial charge is 0.135 e. The molecule has 1 heterocycles. The standard InChI is InChI=1S/C14H20BrN3/c1-18(11-5-3-2-4-6-11)13-9-12(15)16-14(17-13)10-7-8-10/h9-11H,2-8H2,1H3. The van der Waals surface area contributed by atoms with Crippen LogP contribution >= 0.6 is 15.9 Å². The minimum atomic E-state index is 0.612. The molecule has 2 fully saturated rings. The second kappa shape index (κ2) is 5.16. The Bertz CT molecular complexity index is 425. The van der Waals surface area contributed by atoms with E-state index in [-0.39, 0.29) is 0 Å². The summed E-state index contributed by atoms with van der Waals surface area (Å²) in [4.78, 5) is 11.6. The Hall–Kier alpha value is -0.640. The third-order valence-corrected chi connectivity index (χ3v) is 4.53. The molecule has 0 saturated heterocycles. The van der Waals surface area contributed by atoms with E-state index in [4.69, 9.17) is 4.98 Å². The summed E-state index contributed by atoms with van der Waals surface area (Å²) >= 11 is 3.52. The van der Waals surface area contributed by atoms with Crippen molar-refractivity contribution in [2.75, 3.05) is 11.9 Å². The van der Waals surface area contributed by atoms with E-state index in [0.29, 0.717) is 12.0 Å². The van der Waals surface area contributed by atoms with Crippen molar-refractivity contribution in [1.82, 2.24) is 9.97 Å². The molecule has 0 spiro atoms. The summed E-state index contributed by atoms with van der Waals surface area (Å²) < 4.78 is 0.928. The topological polar surface area (TPSA) is 29.0 Å². The van der Waals surface area contributed by atoms with Gasteiger partial charge in [0.25, 0.3) is 0 Å². The number of hydrogen-bond donors (Lipinski definition) is 0. The van der Waals surface area contributed by atoms with Crippen LogP contribution in [0.15, 0.2) is 10.7 Å². The molecule has 2 aliphatic rings. The van der Waals surface area contributed by atoms with Gasteiger partial charge in [0, 0.05) is 25.1 Å². The molecule has 1 aromatic heterocycles. The lowest BCUT2D eigenvalue weighted by molar-refractivity contribution is 0.425. The van der Waals surface area contributed by atoms with Crippen molar-refractivity contribution in [3.05, 3.63) is 16.5 Å². The molecule has 0 aromatic carbocycles.